The number of nitrogens with zero attached hydrogens (tertiary/aromatic N) is 1. The van der Waals surface area contributed by atoms with Crippen molar-refractivity contribution < 1.29 is 9.21 Å². The highest BCUT2D eigenvalue weighted by molar-refractivity contribution is 6.00. The predicted octanol–water partition coefficient (Wildman–Crippen LogP) is 0.980. The van der Waals surface area contributed by atoms with E-state index in [1.165, 1.54) is 12.3 Å². The Morgan fingerprint density at radius 3 is 2.85 bits per heavy atom. The van der Waals surface area contributed by atoms with E-state index in [2.05, 4.69) is 0 Å². The van der Waals surface area contributed by atoms with E-state index in [9.17, 15) is 4.79 Å². The van der Waals surface area contributed by atoms with Crippen LogP contribution in [0.25, 0.3) is 6.08 Å². The molecule has 1 aromatic rings. The third kappa shape index (κ3) is 1.97. The number of hydrogen-bond donors (Lipinski definition) is 1. The molecular formula is C9H8N2O2. The fourth-order valence-corrected chi connectivity index (χ4v) is 0.822. The van der Waals surface area contributed by atoms with E-state index in [0.717, 1.165) is 5.56 Å². The zero-order valence-corrected chi connectivity index (χ0v) is 7.07. The molecule has 4 heteroatoms. The molecule has 2 N–H and O–H groups in total. The largest absolute Gasteiger partial charge is 0.465 e. The molecule has 0 aliphatic rings. The lowest BCUT2D eigenvalue weighted by Gasteiger charge is -1.90. The van der Waals surface area contributed by atoms with E-state index in [-0.39, 0.29) is 5.57 Å². The quantitative estimate of drug-likeness (QED) is 0.538. The van der Waals surface area contributed by atoms with Gasteiger partial charge in [-0.15, -0.1) is 0 Å². The summed E-state index contributed by atoms with van der Waals surface area (Å²) < 4.78 is 5.01. The van der Waals surface area contributed by atoms with Gasteiger partial charge < -0.3 is 10.2 Å². The van der Waals surface area contributed by atoms with Crippen LogP contribution >= 0.6 is 0 Å². The van der Waals surface area contributed by atoms with Crippen molar-refractivity contribution in [3.63, 3.8) is 0 Å². The molecular weight excluding hydrogens is 168 g/mol. The minimum absolute atomic E-state index is 0.113. The maximum absolute atomic E-state index is 10.7. The van der Waals surface area contributed by atoms with Crippen molar-refractivity contribution in [1.82, 2.24) is 0 Å². The molecule has 13 heavy (non-hydrogen) atoms. The molecule has 0 spiro atoms. The van der Waals surface area contributed by atoms with Crippen LogP contribution in [0.1, 0.15) is 11.3 Å². The fraction of sp³-hybridized carbons (Fsp3) is 0.111. The molecule has 0 fully saturated rings. The van der Waals surface area contributed by atoms with Crippen LogP contribution in [0.2, 0.25) is 0 Å². The highest BCUT2D eigenvalue weighted by Gasteiger charge is 2.06. The van der Waals surface area contributed by atoms with Gasteiger partial charge in [-0.3, -0.25) is 4.79 Å². The number of rotatable bonds is 2. The second kappa shape index (κ2) is 3.59. The van der Waals surface area contributed by atoms with E-state index in [0.29, 0.717) is 5.76 Å². The minimum atomic E-state index is -0.752. The summed E-state index contributed by atoms with van der Waals surface area (Å²) in [4.78, 5) is 10.7. The third-order valence-electron chi connectivity index (χ3n) is 1.56. The van der Waals surface area contributed by atoms with E-state index >= 15 is 0 Å². The van der Waals surface area contributed by atoms with E-state index in [4.69, 9.17) is 15.4 Å². The van der Waals surface area contributed by atoms with Crippen LogP contribution in [-0.2, 0) is 4.79 Å². The fourth-order valence-electron chi connectivity index (χ4n) is 0.822. The van der Waals surface area contributed by atoms with E-state index in [1.807, 2.05) is 6.92 Å². The van der Waals surface area contributed by atoms with Gasteiger partial charge in [-0.1, -0.05) is 0 Å². The molecule has 1 heterocycles. The Morgan fingerprint density at radius 2 is 2.46 bits per heavy atom. The zero-order chi connectivity index (χ0) is 9.84. The highest BCUT2D eigenvalue weighted by atomic mass is 16.3. The first kappa shape index (κ1) is 9.07. The molecule has 0 atom stereocenters. The molecule has 1 amide bonds. The van der Waals surface area contributed by atoms with Crippen molar-refractivity contribution in [1.29, 1.82) is 5.26 Å². The third-order valence-corrected chi connectivity index (χ3v) is 1.56. The predicted molar refractivity (Wildman–Crippen MR) is 46.2 cm³/mol. The molecule has 0 bridgehead atoms. The van der Waals surface area contributed by atoms with Crippen LogP contribution in [0, 0.1) is 18.3 Å². The Bertz CT molecular complexity index is 396. The van der Waals surface area contributed by atoms with Crippen LogP contribution < -0.4 is 5.73 Å². The number of carbonyl (C=O) groups excluding carboxylic acids is 1. The average molecular weight is 176 g/mol. The van der Waals surface area contributed by atoms with Crippen LogP contribution in [-0.4, -0.2) is 5.91 Å². The standard InChI is InChI=1S/C9H8N2O2/c1-6-2-3-13-8(6)4-7(5-10)9(11)12/h2-4H,1H3,(H2,11,12)/b7-4+. The van der Waals surface area contributed by atoms with E-state index < -0.39 is 5.91 Å². The molecule has 1 aromatic heterocycles. The average Bonchev–Trinajstić information content (AvgIpc) is 2.46. The number of nitrogens with two attached hydrogens (primary N) is 1. The Labute approximate surface area is 75.3 Å². The number of furan rings is 1. The van der Waals surface area contributed by atoms with Gasteiger partial charge in [-0.25, -0.2) is 0 Å². The second-order valence-corrected chi connectivity index (χ2v) is 2.50. The van der Waals surface area contributed by atoms with E-state index in [1.54, 1.807) is 12.1 Å². The molecule has 0 radical (unpaired) electrons. The van der Waals surface area contributed by atoms with Gasteiger partial charge in [-0.05, 0) is 18.6 Å². The topological polar surface area (TPSA) is 80.0 Å². The molecule has 4 nitrogen and oxygen atoms in total. The van der Waals surface area contributed by atoms with Crippen LogP contribution in [0.4, 0.5) is 0 Å². The summed E-state index contributed by atoms with van der Waals surface area (Å²) in [5, 5.41) is 8.53. The molecule has 1 rings (SSSR count). The van der Waals surface area contributed by atoms with Crippen molar-refractivity contribution >= 4 is 12.0 Å². The first-order chi connectivity index (χ1) is 6.15. The summed E-state index contributed by atoms with van der Waals surface area (Å²) in [7, 11) is 0. The number of hydrogen-bond acceptors (Lipinski definition) is 3. The monoisotopic (exact) mass is 176 g/mol. The van der Waals surface area contributed by atoms with Crippen molar-refractivity contribution in [3.05, 3.63) is 29.2 Å². The number of nitriles is 1. The van der Waals surface area contributed by atoms with Gasteiger partial charge in [0.2, 0.25) is 0 Å². The van der Waals surface area contributed by atoms with Crippen molar-refractivity contribution in [2.45, 2.75) is 6.92 Å². The number of primary amides is 1. The number of amides is 1. The van der Waals surface area contributed by atoms with Crippen molar-refractivity contribution in [3.8, 4) is 6.07 Å². The van der Waals surface area contributed by atoms with Gasteiger partial charge in [0, 0.05) is 6.08 Å². The molecule has 0 aromatic carbocycles. The molecule has 0 saturated heterocycles. The summed E-state index contributed by atoms with van der Waals surface area (Å²) in [5.74, 6) is -0.270. The van der Waals surface area contributed by atoms with Crippen LogP contribution in [0.3, 0.4) is 0 Å². The molecule has 0 aliphatic carbocycles. The Kier molecular flexibility index (Phi) is 2.50. The van der Waals surface area contributed by atoms with Crippen molar-refractivity contribution in [2.24, 2.45) is 5.73 Å². The van der Waals surface area contributed by atoms with Gasteiger partial charge in [0.05, 0.1) is 6.26 Å². The van der Waals surface area contributed by atoms with Gasteiger partial charge in [0.25, 0.3) is 5.91 Å². The number of carbonyl (C=O) groups is 1. The summed E-state index contributed by atoms with van der Waals surface area (Å²) in [6, 6.07) is 3.43. The van der Waals surface area contributed by atoms with Gasteiger partial charge in [0.1, 0.15) is 17.4 Å². The normalized spacial score (nSPS) is 10.9. The second-order valence-electron chi connectivity index (χ2n) is 2.50. The Morgan fingerprint density at radius 1 is 1.77 bits per heavy atom. The number of aryl methyl sites for hydroxylation is 1. The van der Waals surface area contributed by atoms with Crippen LogP contribution in [0.15, 0.2) is 22.3 Å². The lowest BCUT2D eigenvalue weighted by Crippen LogP contribution is -2.12. The lowest BCUT2D eigenvalue weighted by atomic mass is 10.2. The summed E-state index contributed by atoms with van der Waals surface area (Å²) in [6.45, 7) is 1.81. The molecule has 0 aliphatic heterocycles. The summed E-state index contributed by atoms with van der Waals surface area (Å²) >= 11 is 0. The zero-order valence-electron chi connectivity index (χ0n) is 7.07. The smallest absolute Gasteiger partial charge is 0.259 e. The minimum Gasteiger partial charge on any atom is -0.465 e. The van der Waals surface area contributed by atoms with Crippen LogP contribution in [0.5, 0.6) is 0 Å². The molecule has 66 valence electrons. The van der Waals surface area contributed by atoms with Gasteiger partial charge >= 0.3 is 0 Å². The molecule has 0 saturated carbocycles. The Hall–Kier alpha value is -2.02. The SMILES string of the molecule is Cc1ccoc1/C=C(\C#N)C(N)=O. The highest BCUT2D eigenvalue weighted by Crippen LogP contribution is 2.12. The summed E-state index contributed by atoms with van der Waals surface area (Å²) in [6.07, 6.45) is 2.81. The summed E-state index contributed by atoms with van der Waals surface area (Å²) in [5.41, 5.74) is 5.69. The maximum atomic E-state index is 10.7. The lowest BCUT2D eigenvalue weighted by molar-refractivity contribution is -0.114. The first-order valence-corrected chi connectivity index (χ1v) is 3.61. The molecule has 0 unspecified atom stereocenters. The van der Waals surface area contributed by atoms with Crippen molar-refractivity contribution in [2.75, 3.05) is 0 Å². The first-order valence-electron chi connectivity index (χ1n) is 3.61. The Balaban J connectivity index is 3.07. The maximum Gasteiger partial charge on any atom is 0.259 e. The van der Waals surface area contributed by atoms with Gasteiger partial charge in [0.15, 0.2) is 0 Å². The van der Waals surface area contributed by atoms with Gasteiger partial charge in [-0.2, -0.15) is 5.26 Å².